The minimum Gasteiger partial charge on any atom is -0.481 e. The topological polar surface area (TPSA) is 109 Å². The van der Waals surface area contributed by atoms with Gasteiger partial charge >= 0.3 is 5.97 Å². The molecule has 2 atom stereocenters. The number of aryl methyl sites for hydroxylation is 1. The highest BCUT2D eigenvalue weighted by molar-refractivity contribution is 7.17. The number of carbonyl (C=O) groups is 3. The largest absolute Gasteiger partial charge is 0.481 e. The molecule has 1 fully saturated rings. The van der Waals surface area contributed by atoms with Crippen LogP contribution in [0.1, 0.15) is 47.0 Å². The third-order valence-electron chi connectivity index (χ3n) is 7.22. The third kappa shape index (κ3) is 6.97. The summed E-state index contributed by atoms with van der Waals surface area (Å²) in [6.07, 6.45) is 3.07. The van der Waals surface area contributed by atoms with Gasteiger partial charge in [0.25, 0.3) is 5.91 Å². The Labute approximate surface area is 255 Å². The van der Waals surface area contributed by atoms with E-state index in [0.29, 0.717) is 18.6 Å². The number of Topliss-reactive ketones (excluding diaryl/α,β-unsaturated/α-hetero) is 1. The fourth-order valence-electron chi connectivity index (χ4n) is 4.88. The van der Waals surface area contributed by atoms with Gasteiger partial charge in [-0.2, -0.15) is 0 Å². The molecule has 1 saturated heterocycles. The Hall–Kier alpha value is -3.38. The van der Waals surface area contributed by atoms with E-state index in [9.17, 15) is 14.4 Å². The SMILES string of the molecule is CC(OC[C@@H]1CCCN1c1ncc(CCC(=O)O)s1)C(=O)Cc1cc(Cl)c(NC(=O)c2csc3ccccc23)cc1F. The van der Waals surface area contributed by atoms with Crippen LogP contribution in [0.25, 0.3) is 10.1 Å². The van der Waals surface area contributed by atoms with Gasteiger partial charge < -0.3 is 20.1 Å². The number of rotatable bonds is 12. The number of benzene rings is 2. The molecule has 3 heterocycles. The van der Waals surface area contributed by atoms with Crippen LogP contribution in [0, 0.1) is 5.82 Å². The highest BCUT2D eigenvalue weighted by Gasteiger charge is 2.29. The Morgan fingerprint density at radius 2 is 2.10 bits per heavy atom. The second kappa shape index (κ2) is 13.3. The van der Waals surface area contributed by atoms with Crippen molar-refractivity contribution < 1.29 is 28.6 Å². The van der Waals surface area contributed by atoms with Gasteiger partial charge in [-0.1, -0.05) is 29.8 Å². The van der Waals surface area contributed by atoms with Crippen LogP contribution in [-0.2, 0) is 27.2 Å². The molecule has 12 heteroatoms. The highest BCUT2D eigenvalue weighted by atomic mass is 35.5. The molecule has 0 bridgehead atoms. The van der Waals surface area contributed by atoms with Crippen LogP contribution < -0.4 is 10.2 Å². The number of halogens is 2. The molecular weight excluding hydrogens is 601 g/mol. The first-order chi connectivity index (χ1) is 20.2. The van der Waals surface area contributed by atoms with Crippen molar-refractivity contribution in [3.8, 4) is 0 Å². The van der Waals surface area contributed by atoms with Crippen molar-refractivity contribution in [1.82, 2.24) is 4.98 Å². The first-order valence-corrected chi connectivity index (χ1v) is 15.6. The van der Waals surface area contributed by atoms with Gasteiger partial charge in [0.05, 0.1) is 35.3 Å². The lowest BCUT2D eigenvalue weighted by Crippen LogP contribution is -2.35. The predicted molar refractivity (Wildman–Crippen MR) is 164 cm³/mol. The molecule has 8 nitrogen and oxygen atoms in total. The first kappa shape index (κ1) is 30.1. The van der Waals surface area contributed by atoms with Crippen molar-refractivity contribution in [2.24, 2.45) is 0 Å². The number of nitrogens with zero attached hydrogens (tertiary/aromatic N) is 2. The van der Waals surface area contributed by atoms with Gasteiger partial charge in [-0.05, 0) is 49.9 Å². The van der Waals surface area contributed by atoms with E-state index in [1.165, 1.54) is 28.7 Å². The van der Waals surface area contributed by atoms with Crippen molar-refractivity contribution in [2.75, 3.05) is 23.4 Å². The van der Waals surface area contributed by atoms with Crippen molar-refractivity contribution in [2.45, 2.75) is 51.2 Å². The molecule has 220 valence electrons. The molecule has 0 radical (unpaired) electrons. The normalized spacial score (nSPS) is 15.7. The van der Waals surface area contributed by atoms with Crippen LogP contribution in [0.3, 0.4) is 0 Å². The summed E-state index contributed by atoms with van der Waals surface area (Å²) in [5, 5.41) is 15.1. The number of anilines is 2. The Kier molecular flexibility index (Phi) is 9.52. The standard InChI is InChI=1S/C30H29ClFN3O5S2/c1-17(40-15-19-5-4-10-35(19)30-33-14-20(42-30)8-9-28(37)38)26(36)12-18-11-23(31)25(13-24(18)32)34-29(39)22-16-41-27-7-3-2-6-21(22)27/h2-3,6-7,11,13-14,16-17,19H,4-5,8-10,12,15H2,1H3,(H,34,39)(H,37,38)/t17?,19-/m0/s1. The second-order valence-electron chi connectivity index (χ2n) is 10.1. The van der Waals surface area contributed by atoms with Gasteiger partial charge in [-0.25, -0.2) is 9.37 Å². The van der Waals surface area contributed by atoms with Crippen molar-refractivity contribution in [3.63, 3.8) is 0 Å². The third-order valence-corrected chi connectivity index (χ3v) is 9.59. The van der Waals surface area contributed by atoms with Crippen LogP contribution in [0.2, 0.25) is 5.02 Å². The maximum Gasteiger partial charge on any atom is 0.303 e. The van der Waals surface area contributed by atoms with Gasteiger partial charge in [-0.3, -0.25) is 14.4 Å². The molecular formula is C30H29ClFN3O5S2. The number of aromatic nitrogens is 1. The Bertz CT molecular complexity index is 1620. The van der Waals surface area contributed by atoms with Gasteiger partial charge in [0.2, 0.25) is 0 Å². The lowest BCUT2D eigenvalue weighted by Gasteiger charge is -2.25. The number of carbonyl (C=O) groups excluding carboxylic acids is 2. The molecule has 0 spiro atoms. The summed E-state index contributed by atoms with van der Waals surface area (Å²) in [7, 11) is 0. The van der Waals surface area contributed by atoms with E-state index >= 15 is 4.39 Å². The van der Waals surface area contributed by atoms with E-state index in [4.69, 9.17) is 21.4 Å². The monoisotopic (exact) mass is 629 g/mol. The lowest BCUT2D eigenvalue weighted by atomic mass is 10.0. The number of ketones is 1. The maximum absolute atomic E-state index is 15.0. The van der Waals surface area contributed by atoms with Crippen LogP contribution in [0.15, 0.2) is 48.0 Å². The van der Waals surface area contributed by atoms with Crippen LogP contribution >= 0.6 is 34.3 Å². The Morgan fingerprint density at radius 1 is 1.29 bits per heavy atom. The summed E-state index contributed by atoms with van der Waals surface area (Å²) < 4.78 is 21.9. The molecule has 1 aliphatic rings. The van der Waals surface area contributed by atoms with Gasteiger partial charge in [0, 0.05) is 39.5 Å². The molecule has 0 saturated carbocycles. The highest BCUT2D eigenvalue weighted by Crippen LogP contribution is 2.32. The van der Waals surface area contributed by atoms with Crippen LogP contribution in [0.5, 0.6) is 0 Å². The smallest absolute Gasteiger partial charge is 0.303 e. The summed E-state index contributed by atoms with van der Waals surface area (Å²) in [6, 6.07) is 10.1. The average Bonchev–Trinajstić information content (AvgIpc) is 3.72. The predicted octanol–water partition coefficient (Wildman–Crippen LogP) is 6.61. The number of carboxylic acids is 1. The first-order valence-electron chi connectivity index (χ1n) is 13.5. The van der Waals surface area contributed by atoms with Gasteiger partial charge in [-0.15, -0.1) is 22.7 Å². The Balaban J connectivity index is 1.16. The number of carboxylic acid groups (broad SMARTS) is 1. The molecule has 2 aromatic carbocycles. The number of thiazole rings is 1. The molecule has 42 heavy (non-hydrogen) atoms. The summed E-state index contributed by atoms with van der Waals surface area (Å²) in [6.45, 7) is 2.76. The summed E-state index contributed by atoms with van der Waals surface area (Å²) >= 11 is 9.31. The van der Waals surface area contributed by atoms with Crippen LogP contribution in [0.4, 0.5) is 15.2 Å². The van der Waals surface area contributed by atoms with Gasteiger partial charge in [0.15, 0.2) is 10.9 Å². The van der Waals surface area contributed by atoms with E-state index in [1.54, 1.807) is 18.5 Å². The van der Waals surface area contributed by atoms with Crippen molar-refractivity contribution in [1.29, 1.82) is 0 Å². The minimum absolute atomic E-state index is 0.0353. The number of ether oxygens (including phenoxy) is 1. The summed E-state index contributed by atoms with van der Waals surface area (Å²) in [5.41, 5.74) is 0.731. The number of amides is 1. The number of hydrogen-bond acceptors (Lipinski definition) is 8. The van der Waals surface area contributed by atoms with E-state index in [-0.39, 0.29) is 40.9 Å². The zero-order valence-corrected chi connectivity index (χ0v) is 25.2. The molecule has 5 rings (SSSR count). The summed E-state index contributed by atoms with van der Waals surface area (Å²) in [5.74, 6) is -2.17. The maximum atomic E-state index is 15.0. The minimum atomic E-state index is -0.844. The number of fused-ring (bicyclic) bond motifs is 1. The molecule has 1 aliphatic heterocycles. The van der Waals surface area contributed by atoms with Gasteiger partial charge in [0.1, 0.15) is 11.9 Å². The van der Waals surface area contributed by atoms with E-state index in [0.717, 1.165) is 45.5 Å². The number of nitrogens with one attached hydrogen (secondary N) is 1. The van der Waals surface area contributed by atoms with E-state index in [2.05, 4.69) is 15.2 Å². The molecule has 2 N–H and O–H groups in total. The zero-order chi connectivity index (χ0) is 29.8. The van der Waals surface area contributed by atoms with E-state index in [1.807, 2.05) is 24.3 Å². The number of hydrogen-bond donors (Lipinski definition) is 2. The lowest BCUT2D eigenvalue weighted by molar-refractivity contribution is -0.137. The molecule has 1 unspecified atom stereocenters. The zero-order valence-electron chi connectivity index (χ0n) is 22.8. The second-order valence-corrected chi connectivity index (χ2v) is 12.5. The average molecular weight is 630 g/mol. The summed E-state index contributed by atoms with van der Waals surface area (Å²) in [4.78, 5) is 44.2. The van der Waals surface area contributed by atoms with E-state index < -0.39 is 23.8 Å². The molecule has 2 aromatic heterocycles. The van der Waals surface area contributed by atoms with Crippen LogP contribution in [-0.4, -0.2) is 53.0 Å². The molecule has 0 aliphatic carbocycles. The number of thiophene rings is 1. The van der Waals surface area contributed by atoms with Crippen molar-refractivity contribution >= 4 is 72.8 Å². The fraction of sp³-hybridized carbons (Fsp3) is 0.333. The fourth-order valence-corrected chi connectivity index (χ4v) is 7.06. The number of aliphatic carboxylic acids is 1. The Morgan fingerprint density at radius 3 is 2.90 bits per heavy atom. The van der Waals surface area contributed by atoms with Crippen molar-refractivity contribution in [3.05, 3.63) is 74.8 Å². The molecule has 4 aromatic rings. The quantitative estimate of drug-likeness (QED) is 0.182. The molecule has 1 amide bonds.